The molecule has 26 heavy (non-hydrogen) atoms. The van der Waals surface area contributed by atoms with Gasteiger partial charge in [-0.3, -0.25) is 4.79 Å². The first-order valence-electron chi connectivity index (χ1n) is 7.01. The summed E-state index contributed by atoms with van der Waals surface area (Å²) in [4.78, 5) is 11.8. The molecule has 138 valence electrons. The average Bonchev–Trinajstić information content (AvgIpc) is 2.63. The van der Waals surface area contributed by atoms with Crippen LogP contribution in [-0.2, 0) is 4.79 Å². The van der Waals surface area contributed by atoms with E-state index in [1.165, 1.54) is 12.3 Å². The summed E-state index contributed by atoms with van der Waals surface area (Å²) in [5.74, 6) is 0.0470. The van der Waals surface area contributed by atoms with Crippen molar-refractivity contribution in [2.75, 3.05) is 13.7 Å². The lowest BCUT2D eigenvalue weighted by molar-refractivity contribution is -0.123. The smallest absolute Gasteiger partial charge is 0.277 e. The molecule has 0 aliphatic rings. The predicted octanol–water partition coefficient (Wildman–Crippen LogP) is 3.92. The molecule has 0 heterocycles. The van der Waals surface area contributed by atoms with Gasteiger partial charge in [-0.05, 0) is 72.1 Å². The van der Waals surface area contributed by atoms with Crippen LogP contribution in [0.2, 0.25) is 0 Å². The highest BCUT2D eigenvalue weighted by molar-refractivity contribution is 9.11. The maximum Gasteiger partial charge on any atom is 0.277 e. The van der Waals surface area contributed by atoms with Crippen molar-refractivity contribution in [3.8, 4) is 23.0 Å². The number of rotatable bonds is 6. The van der Waals surface area contributed by atoms with Crippen LogP contribution in [0.4, 0.5) is 0 Å². The number of halogens is 3. The second kappa shape index (κ2) is 9.24. The molecule has 2 aromatic carbocycles. The Labute approximate surface area is 174 Å². The standard InChI is InChI=1S/C16H13Br3N2O5/c1-25-9-2-3-12(10(17)5-9)26-7-13(22)21-20-6-8-4-11(18)15(23)16(24)14(8)19/h2-6,23-24H,7H2,1H3,(H,21,22)/b20-6+. The number of ether oxygens (including phenoxy) is 2. The van der Waals surface area contributed by atoms with Crippen molar-refractivity contribution in [1.82, 2.24) is 5.43 Å². The Kier molecular flexibility index (Phi) is 7.30. The molecule has 0 aliphatic carbocycles. The molecule has 0 bridgehead atoms. The van der Waals surface area contributed by atoms with Gasteiger partial charge in [0.25, 0.3) is 5.91 Å². The number of benzene rings is 2. The summed E-state index contributed by atoms with van der Waals surface area (Å²) in [5.41, 5.74) is 2.76. The molecular weight excluding hydrogens is 540 g/mol. The largest absolute Gasteiger partial charge is 0.503 e. The van der Waals surface area contributed by atoms with E-state index >= 15 is 0 Å². The number of phenols is 2. The second-order valence-corrected chi connectivity index (χ2v) is 7.34. The summed E-state index contributed by atoms with van der Waals surface area (Å²) in [5, 5.41) is 23.1. The fourth-order valence-electron chi connectivity index (χ4n) is 1.79. The number of carbonyl (C=O) groups excluding carboxylic acids is 1. The summed E-state index contributed by atoms with van der Waals surface area (Å²) < 4.78 is 11.7. The van der Waals surface area contributed by atoms with Crippen LogP contribution in [0.3, 0.4) is 0 Å². The number of carbonyl (C=O) groups is 1. The zero-order valence-corrected chi connectivity index (χ0v) is 18.1. The predicted molar refractivity (Wildman–Crippen MR) is 107 cm³/mol. The van der Waals surface area contributed by atoms with E-state index in [4.69, 9.17) is 9.47 Å². The highest BCUT2D eigenvalue weighted by Crippen LogP contribution is 2.40. The lowest BCUT2D eigenvalue weighted by Crippen LogP contribution is -2.24. The molecule has 0 spiro atoms. The van der Waals surface area contributed by atoms with E-state index in [0.29, 0.717) is 26.0 Å². The van der Waals surface area contributed by atoms with Gasteiger partial charge in [0.15, 0.2) is 18.1 Å². The normalized spacial score (nSPS) is 10.8. The van der Waals surface area contributed by atoms with Gasteiger partial charge in [-0.15, -0.1) is 0 Å². The van der Waals surface area contributed by atoms with Gasteiger partial charge < -0.3 is 19.7 Å². The lowest BCUT2D eigenvalue weighted by Gasteiger charge is -2.08. The van der Waals surface area contributed by atoms with Gasteiger partial charge in [-0.2, -0.15) is 5.10 Å². The molecule has 2 aromatic rings. The topological polar surface area (TPSA) is 100 Å². The lowest BCUT2D eigenvalue weighted by atomic mass is 10.2. The van der Waals surface area contributed by atoms with E-state index in [-0.39, 0.29) is 22.6 Å². The summed E-state index contributed by atoms with van der Waals surface area (Å²) in [6.07, 6.45) is 1.31. The first-order chi connectivity index (χ1) is 12.3. The van der Waals surface area contributed by atoms with Crippen LogP contribution in [0.1, 0.15) is 5.56 Å². The molecule has 1 amide bonds. The third-order valence-electron chi connectivity index (χ3n) is 3.08. The number of nitrogens with one attached hydrogen (secondary N) is 1. The maximum absolute atomic E-state index is 11.8. The number of hydrazone groups is 1. The average molecular weight is 553 g/mol. The van der Waals surface area contributed by atoms with Crippen LogP contribution < -0.4 is 14.9 Å². The van der Waals surface area contributed by atoms with Gasteiger partial charge in [-0.1, -0.05) is 0 Å². The zero-order chi connectivity index (χ0) is 19.3. The van der Waals surface area contributed by atoms with Crippen molar-refractivity contribution in [3.05, 3.63) is 43.2 Å². The third kappa shape index (κ3) is 5.12. The van der Waals surface area contributed by atoms with Crippen molar-refractivity contribution in [2.24, 2.45) is 5.10 Å². The van der Waals surface area contributed by atoms with E-state index in [2.05, 4.69) is 58.3 Å². The molecule has 0 radical (unpaired) electrons. The summed E-state index contributed by atoms with van der Waals surface area (Å²) in [6.45, 7) is -0.242. The Morgan fingerprint density at radius 1 is 1.19 bits per heavy atom. The van der Waals surface area contributed by atoms with Crippen molar-refractivity contribution in [1.29, 1.82) is 0 Å². The van der Waals surface area contributed by atoms with Gasteiger partial charge in [-0.25, -0.2) is 5.43 Å². The Bertz CT molecular complexity index is 858. The fourth-order valence-corrected chi connectivity index (χ4v) is 3.10. The van der Waals surface area contributed by atoms with Gasteiger partial charge >= 0.3 is 0 Å². The van der Waals surface area contributed by atoms with E-state index in [0.717, 1.165) is 0 Å². The molecule has 2 rings (SSSR count). The van der Waals surface area contributed by atoms with E-state index in [1.807, 2.05) is 0 Å². The summed E-state index contributed by atoms with van der Waals surface area (Å²) in [6, 6.07) is 6.63. The molecule has 0 fully saturated rings. The van der Waals surface area contributed by atoms with Crippen LogP contribution in [0, 0.1) is 0 Å². The molecular formula is C16H13Br3N2O5. The molecule has 0 unspecified atom stereocenters. The zero-order valence-electron chi connectivity index (χ0n) is 13.3. The van der Waals surface area contributed by atoms with E-state index in [1.54, 1.807) is 25.3 Å². The molecule has 0 saturated heterocycles. The molecule has 0 saturated carbocycles. The number of aromatic hydroxyl groups is 2. The summed E-state index contributed by atoms with van der Waals surface area (Å²) in [7, 11) is 1.55. The van der Waals surface area contributed by atoms with Crippen LogP contribution in [0.5, 0.6) is 23.0 Å². The SMILES string of the molecule is COc1ccc(OCC(=O)N/N=C/c2cc(Br)c(O)c(O)c2Br)c(Br)c1. The maximum atomic E-state index is 11.8. The van der Waals surface area contributed by atoms with Crippen LogP contribution in [0.25, 0.3) is 0 Å². The molecule has 3 N–H and O–H groups in total. The number of nitrogens with zero attached hydrogens (tertiary/aromatic N) is 1. The van der Waals surface area contributed by atoms with Crippen molar-refractivity contribution in [2.45, 2.75) is 0 Å². The molecule has 0 aromatic heterocycles. The Morgan fingerprint density at radius 3 is 2.58 bits per heavy atom. The van der Waals surface area contributed by atoms with Crippen LogP contribution in [0.15, 0.2) is 42.8 Å². The van der Waals surface area contributed by atoms with Crippen molar-refractivity contribution in [3.63, 3.8) is 0 Å². The number of methoxy groups -OCH3 is 1. The second-order valence-electron chi connectivity index (χ2n) is 4.84. The minimum absolute atomic E-state index is 0.242. The Balaban J connectivity index is 1.94. The van der Waals surface area contributed by atoms with E-state index in [9.17, 15) is 15.0 Å². The molecule has 0 atom stereocenters. The Hall–Kier alpha value is -1.78. The Morgan fingerprint density at radius 2 is 1.92 bits per heavy atom. The van der Waals surface area contributed by atoms with Gasteiger partial charge in [0, 0.05) is 5.56 Å². The van der Waals surface area contributed by atoms with Gasteiger partial charge in [0.05, 0.1) is 26.7 Å². The van der Waals surface area contributed by atoms with Crippen LogP contribution >= 0.6 is 47.8 Å². The highest BCUT2D eigenvalue weighted by atomic mass is 79.9. The number of hydrogen-bond donors (Lipinski definition) is 3. The minimum atomic E-state index is -0.470. The monoisotopic (exact) mass is 550 g/mol. The third-order valence-corrected chi connectivity index (χ3v) is 5.14. The molecule has 7 nitrogen and oxygen atoms in total. The van der Waals surface area contributed by atoms with Crippen LogP contribution in [-0.4, -0.2) is 36.1 Å². The highest BCUT2D eigenvalue weighted by Gasteiger charge is 2.13. The van der Waals surface area contributed by atoms with E-state index < -0.39 is 5.91 Å². The number of phenolic OH excluding ortho intramolecular Hbond substituents is 2. The van der Waals surface area contributed by atoms with Crippen molar-refractivity contribution < 1.29 is 24.5 Å². The summed E-state index contributed by atoms with van der Waals surface area (Å²) >= 11 is 9.57. The quantitative estimate of drug-likeness (QED) is 0.286. The first kappa shape index (κ1) is 20.5. The fraction of sp³-hybridized carbons (Fsp3) is 0.125. The number of amides is 1. The minimum Gasteiger partial charge on any atom is -0.503 e. The van der Waals surface area contributed by atoms with Gasteiger partial charge in [0.1, 0.15) is 11.5 Å². The molecule has 0 aliphatic heterocycles. The number of hydrogen-bond acceptors (Lipinski definition) is 6. The van der Waals surface area contributed by atoms with Gasteiger partial charge in [0.2, 0.25) is 0 Å². The van der Waals surface area contributed by atoms with Crippen molar-refractivity contribution >= 4 is 59.9 Å². The first-order valence-corrected chi connectivity index (χ1v) is 9.39. The molecule has 10 heteroatoms.